The molecule has 0 bridgehead atoms. The topological polar surface area (TPSA) is 48.5 Å². The second kappa shape index (κ2) is 5.15. The molecule has 0 saturated heterocycles. The Morgan fingerprint density at radius 1 is 0.895 bits per heavy atom. The summed E-state index contributed by atoms with van der Waals surface area (Å²) in [6.45, 7) is 6.38. The average Bonchev–Trinajstić information content (AvgIpc) is 3.11. The van der Waals surface area contributed by atoms with Crippen molar-refractivity contribution in [2.24, 2.45) is 0 Å². The van der Waals surface area contributed by atoms with Crippen LogP contribution < -0.4 is 0 Å². The number of nitrogens with zero attached hydrogens (tertiary/aromatic N) is 5. The van der Waals surface area contributed by atoms with Gasteiger partial charge in [0.15, 0.2) is 0 Å². The van der Waals surface area contributed by atoms with E-state index < -0.39 is 0 Å². The lowest BCUT2D eigenvalue weighted by Gasteiger charge is -2.14. The standard InChI is InChI=1S/C8H12N2.C6H9N3/c1-7-9-6-8-4-2-3-5-10(7)8;1-5-7-8-6-3-2-4-9(5)6/h6H,2-5H2,1H3;2-4H2,1H3. The Morgan fingerprint density at radius 3 is 2.53 bits per heavy atom. The number of fused-ring (bicyclic) bond motifs is 2. The van der Waals surface area contributed by atoms with E-state index in [1.807, 2.05) is 13.1 Å². The number of rotatable bonds is 0. The zero-order valence-electron chi connectivity index (χ0n) is 11.8. The average molecular weight is 259 g/mol. The zero-order chi connectivity index (χ0) is 13.2. The Labute approximate surface area is 113 Å². The quantitative estimate of drug-likeness (QED) is 0.727. The van der Waals surface area contributed by atoms with Gasteiger partial charge < -0.3 is 9.13 Å². The van der Waals surface area contributed by atoms with E-state index in [1.54, 1.807) is 0 Å². The first-order chi connectivity index (χ1) is 9.25. The minimum Gasteiger partial charge on any atom is -0.332 e. The van der Waals surface area contributed by atoms with Crippen LogP contribution in [0.3, 0.4) is 0 Å². The van der Waals surface area contributed by atoms with Crippen LogP contribution in [0, 0.1) is 13.8 Å². The molecule has 2 aromatic rings. The van der Waals surface area contributed by atoms with E-state index in [4.69, 9.17) is 0 Å². The highest BCUT2D eigenvalue weighted by Crippen LogP contribution is 2.15. The van der Waals surface area contributed by atoms with Crippen LogP contribution in [0.1, 0.15) is 42.4 Å². The zero-order valence-corrected chi connectivity index (χ0v) is 11.8. The van der Waals surface area contributed by atoms with Crippen molar-refractivity contribution >= 4 is 0 Å². The van der Waals surface area contributed by atoms with E-state index in [0.717, 1.165) is 24.6 Å². The largest absolute Gasteiger partial charge is 0.332 e. The molecule has 4 rings (SSSR count). The fraction of sp³-hybridized carbons (Fsp3) is 0.643. The fourth-order valence-electron chi connectivity index (χ4n) is 2.89. The molecule has 0 unspecified atom stereocenters. The molecule has 4 heterocycles. The van der Waals surface area contributed by atoms with Crippen molar-refractivity contribution in [2.75, 3.05) is 0 Å². The van der Waals surface area contributed by atoms with Crippen molar-refractivity contribution in [2.45, 2.75) is 59.0 Å². The van der Waals surface area contributed by atoms with E-state index >= 15 is 0 Å². The molecule has 2 aliphatic heterocycles. The van der Waals surface area contributed by atoms with E-state index in [1.165, 1.54) is 43.7 Å². The summed E-state index contributed by atoms with van der Waals surface area (Å²) in [6.07, 6.45) is 8.25. The highest BCUT2D eigenvalue weighted by molar-refractivity contribution is 5.06. The molecule has 0 spiro atoms. The lowest BCUT2D eigenvalue weighted by Crippen LogP contribution is -2.10. The summed E-state index contributed by atoms with van der Waals surface area (Å²) in [5.74, 6) is 3.39. The first-order valence-corrected chi connectivity index (χ1v) is 7.15. The second-order valence-electron chi connectivity index (χ2n) is 5.32. The van der Waals surface area contributed by atoms with Gasteiger partial charge in [-0.05, 0) is 39.5 Å². The van der Waals surface area contributed by atoms with Crippen LogP contribution in [0.5, 0.6) is 0 Å². The molecule has 5 nitrogen and oxygen atoms in total. The Morgan fingerprint density at radius 2 is 1.74 bits per heavy atom. The number of aryl methyl sites for hydroxylation is 4. The molecule has 0 aliphatic carbocycles. The molecule has 102 valence electrons. The highest BCUT2D eigenvalue weighted by atomic mass is 15.3. The molecular formula is C14H21N5. The first kappa shape index (κ1) is 12.4. The Hall–Kier alpha value is -1.65. The van der Waals surface area contributed by atoms with Crippen LogP contribution in [0.2, 0.25) is 0 Å². The summed E-state index contributed by atoms with van der Waals surface area (Å²) in [7, 11) is 0. The van der Waals surface area contributed by atoms with Crippen LogP contribution in [0.25, 0.3) is 0 Å². The lowest BCUT2D eigenvalue weighted by molar-refractivity contribution is 0.522. The molecule has 2 aromatic heterocycles. The predicted molar refractivity (Wildman–Crippen MR) is 73.0 cm³/mol. The lowest BCUT2D eigenvalue weighted by atomic mass is 10.1. The van der Waals surface area contributed by atoms with Gasteiger partial charge in [0, 0.05) is 31.4 Å². The third-order valence-corrected chi connectivity index (χ3v) is 4.00. The Bertz CT molecular complexity index is 566. The van der Waals surface area contributed by atoms with E-state index in [0.29, 0.717) is 0 Å². The van der Waals surface area contributed by atoms with Gasteiger partial charge in [-0.3, -0.25) is 0 Å². The van der Waals surface area contributed by atoms with Crippen molar-refractivity contribution in [1.29, 1.82) is 0 Å². The van der Waals surface area contributed by atoms with Gasteiger partial charge >= 0.3 is 0 Å². The molecule has 0 saturated carbocycles. The normalized spacial score (nSPS) is 16.5. The summed E-state index contributed by atoms with van der Waals surface area (Å²) >= 11 is 0. The smallest absolute Gasteiger partial charge is 0.133 e. The minimum atomic E-state index is 1.06. The monoisotopic (exact) mass is 259 g/mol. The second-order valence-corrected chi connectivity index (χ2v) is 5.32. The Balaban J connectivity index is 0.000000117. The maximum Gasteiger partial charge on any atom is 0.133 e. The van der Waals surface area contributed by atoms with Crippen LogP contribution >= 0.6 is 0 Å². The van der Waals surface area contributed by atoms with Crippen LogP contribution in [-0.4, -0.2) is 24.3 Å². The predicted octanol–water partition coefficient (Wildman–Crippen LogP) is 2.06. The summed E-state index contributed by atoms with van der Waals surface area (Å²) in [6, 6.07) is 0. The molecule has 5 heteroatoms. The van der Waals surface area contributed by atoms with Gasteiger partial charge in [-0.15, -0.1) is 10.2 Å². The van der Waals surface area contributed by atoms with Crippen LogP contribution in [0.15, 0.2) is 6.20 Å². The van der Waals surface area contributed by atoms with Gasteiger partial charge in [-0.25, -0.2) is 4.98 Å². The van der Waals surface area contributed by atoms with E-state index in [2.05, 4.69) is 31.2 Å². The van der Waals surface area contributed by atoms with Gasteiger partial charge in [0.05, 0.1) is 0 Å². The first-order valence-electron chi connectivity index (χ1n) is 7.15. The van der Waals surface area contributed by atoms with Gasteiger partial charge in [0.25, 0.3) is 0 Å². The van der Waals surface area contributed by atoms with Crippen LogP contribution in [0.4, 0.5) is 0 Å². The number of hydrogen-bond donors (Lipinski definition) is 0. The Kier molecular flexibility index (Phi) is 3.36. The molecule has 0 amide bonds. The van der Waals surface area contributed by atoms with Crippen molar-refractivity contribution in [3.8, 4) is 0 Å². The summed E-state index contributed by atoms with van der Waals surface area (Å²) < 4.78 is 4.50. The number of hydrogen-bond acceptors (Lipinski definition) is 3. The van der Waals surface area contributed by atoms with Gasteiger partial charge in [0.2, 0.25) is 0 Å². The fourth-order valence-corrected chi connectivity index (χ4v) is 2.89. The molecule has 0 N–H and O–H groups in total. The van der Waals surface area contributed by atoms with Crippen molar-refractivity contribution in [1.82, 2.24) is 24.3 Å². The molecule has 0 fully saturated rings. The molecule has 19 heavy (non-hydrogen) atoms. The summed E-state index contributed by atoms with van der Waals surface area (Å²) in [4.78, 5) is 4.26. The van der Waals surface area contributed by atoms with Crippen LogP contribution in [-0.2, 0) is 25.9 Å². The van der Waals surface area contributed by atoms with Crippen molar-refractivity contribution in [3.05, 3.63) is 29.4 Å². The third-order valence-electron chi connectivity index (χ3n) is 4.00. The number of imidazole rings is 1. The van der Waals surface area contributed by atoms with E-state index in [9.17, 15) is 0 Å². The summed E-state index contributed by atoms with van der Waals surface area (Å²) in [5.41, 5.74) is 1.42. The third kappa shape index (κ3) is 2.41. The van der Waals surface area contributed by atoms with Gasteiger partial charge in [0.1, 0.15) is 17.5 Å². The van der Waals surface area contributed by atoms with Gasteiger partial charge in [-0.1, -0.05) is 0 Å². The molecule has 0 aromatic carbocycles. The summed E-state index contributed by atoms with van der Waals surface area (Å²) in [5, 5.41) is 7.96. The molecule has 0 radical (unpaired) electrons. The SMILES string of the molecule is Cc1ncc2n1CCCC2.Cc1nnc2n1CCC2. The highest BCUT2D eigenvalue weighted by Gasteiger charge is 2.13. The molecule has 0 atom stereocenters. The number of aromatic nitrogens is 5. The van der Waals surface area contributed by atoms with Crippen molar-refractivity contribution in [3.63, 3.8) is 0 Å². The maximum atomic E-state index is 4.26. The van der Waals surface area contributed by atoms with E-state index in [-0.39, 0.29) is 0 Å². The molecular weight excluding hydrogens is 238 g/mol. The maximum absolute atomic E-state index is 4.26. The molecule has 2 aliphatic rings. The van der Waals surface area contributed by atoms with Gasteiger partial charge in [-0.2, -0.15) is 0 Å². The van der Waals surface area contributed by atoms with Crippen molar-refractivity contribution < 1.29 is 0 Å². The minimum absolute atomic E-state index is 1.06.